The number of rotatable bonds is 1. The van der Waals surface area contributed by atoms with Crippen LogP contribution in [0.15, 0.2) is 24.3 Å². The van der Waals surface area contributed by atoms with E-state index in [2.05, 4.69) is 4.74 Å². The second-order valence-corrected chi connectivity index (χ2v) is 3.11. The lowest BCUT2D eigenvalue weighted by molar-refractivity contribution is 0.141. The molecule has 78 valence electrons. The summed E-state index contributed by atoms with van der Waals surface area (Å²) in [6.45, 7) is 0. The van der Waals surface area contributed by atoms with Gasteiger partial charge in [0.15, 0.2) is 0 Å². The van der Waals surface area contributed by atoms with Crippen LogP contribution in [0.25, 0.3) is 10.9 Å². The topological polar surface area (TPSA) is 51.5 Å². The molecule has 2 rings (SSSR count). The van der Waals surface area contributed by atoms with Crippen LogP contribution in [0.1, 0.15) is 0 Å². The van der Waals surface area contributed by atoms with Crippen LogP contribution in [0, 0.1) is 5.82 Å². The van der Waals surface area contributed by atoms with Crippen LogP contribution in [-0.4, -0.2) is 15.8 Å². The Balaban J connectivity index is 2.58. The van der Waals surface area contributed by atoms with E-state index < -0.39 is 6.16 Å². The van der Waals surface area contributed by atoms with E-state index in [0.717, 1.165) is 0 Å². The van der Waals surface area contributed by atoms with Crippen molar-refractivity contribution in [2.24, 2.45) is 7.05 Å². The number of aromatic nitrogens is 1. The Hall–Kier alpha value is -2.04. The van der Waals surface area contributed by atoms with Gasteiger partial charge in [-0.15, -0.1) is 0 Å². The third-order valence-electron chi connectivity index (χ3n) is 2.15. The lowest BCUT2D eigenvalue weighted by Crippen LogP contribution is -2.06. The molecule has 0 amide bonds. The first-order chi connectivity index (χ1) is 7.08. The molecule has 0 radical (unpaired) electrons. The minimum atomic E-state index is -1.39. The molecule has 15 heavy (non-hydrogen) atoms. The number of nitrogens with zero attached hydrogens (tertiary/aromatic N) is 1. The molecule has 0 unspecified atom stereocenters. The summed E-state index contributed by atoms with van der Waals surface area (Å²) in [4.78, 5) is 10.4. The number of hydrogen-bond acceptors (Lipinski definition) is 2. The van der Waals surface area contributed by atoms with Gasteiger partial charge in [0.1, 0.15) is 5.82 Å². The normalized spacial score (nSPS) is 10.5. The molecule has 1 heterocycles. The van der Waals surface area contributed by atoms with Gasteiger partial charge in [-0.1, -0.05) is 0 Å². The Morgan fingerprint density at radius 2 is 2.20 bits per heavy atom. The van der Waals surface area contributed by atoms with Crippen molar-refractivity contribution in [3.63, 3.8) is 0 Å². The number of benzene rings is 1. The molecule has 5 heteroatoms. The second-order valence-electron chi connectivity index (χ2n) is 3.11. The molecule has 0 bridgehead atoms. The van der Waals surface area contributed by atoms with E-state index in [-0.39, 0.29) is 11.7 Å². The smallest absolute Gasteiger partial charge is 0.449 e. The first-order valence-electron chi connectivity index (χ1n) is 4.23. The summed E-state index contributed by atoms with van der Waals surface area (Å²) in [5, 5.41) is 9.07. The monoisotopic (exact) mass is 209 g/mol. The largest absolute Gasteiger partial charge is 0.512 e. The molecule has 0 spiro atoms. The third kappa shape index (κ3) is 1.63. The molecule has 0 saturated heterocycles. The maximum Gasteiger partial charge on any atom is 0.512 e. The number of carboxylic acid groups (broad SMARTS) is 1. The first-order valence-corrected chi connectivity index (χ1v) is 4.23. The minimum Gasteiger partial charge on any atom is -0.449 e. The fourth-order valence-electron chi connectivity index (χ4n) is 1.48. The van der Waals surface area contributed by atoms with Crippen molar-refractivity contribution in [1.29, 1.82) is 0 Å². The van der Waals surface area contributed by atoms with Crippen molar-refractivity contribution in [2.75, 3.05) is 0 Å². The maximum absolute atomic E-state index is 12.9. The van der Waals surface area contributed by atoms with Gasteiger partial charge in [0.2, 0.25) is 5.88 Å². The summed E-state index contributed by atoms with van der Waals surface area (Å²) in [7, 11) is 1.65. The fourth-order valence-corrected chi connectivity index (χ4v) is 1.48. The average molecular weight is 209 g/mol. The summed E-state index contributed by atoms with van der Waals surface area (Å²) < 4.78 is 18.9. The van der Waals surface area contributed by atoms with Gasteiger partial charge >= 0.3 is 6.16 Å². The maximum atomic E-state index is 12.9. The number of halogens is 1. The van der Waals surface area contributed by atoms with Gasteiger partial charge in [0, 0.05) is 18.5 Å². The highest BCUT2D eigenvalue weighted by molar-refractivity contribution is 5.83. The Morgan fingerprint density at radius 1 is 1.47 bits per heavy atom. The molecular formula is C10H8FNO3. The Bertz CT molecular complexity index is 533. The number of aryl methyl sites for hydroxylation is 1. The highest BCUT2D eigenvalue weighted by atomic mass is 19.1. The molecule has 0 fully saturated rings. The average Bonchev–Trinajstić information content (AvgIpc) is 2.42. The van der Waals surface area contributed by atoms with Gasteiger partial charge in [-0.2, -0.15) is 0 Å². The van der Waals surface area contributed by atoms with Crippen molar-refractivity contribution in [3.05, 3.63) is 30.1 Å². The zero-order valence-electron chi connectivity index (χ0n) is 7.90. The van der Waals surface area contributed by atoms with Crippen LogP contribution in [0.4, 0.5) is 9.18 Å². The van der Waals surface area contributed by atoms with Crippen molar-refractivity contribution in [1.82, 2.24) is 4.57 Å². The van der Waals surface area contributed by atoms with Crippen molar-refractivity contribution < 1.29 is 19.0 Å². The summed E-state index contributed by atoms with van der Waals surface area (Å²) in [5.41, 5.74) is 0.715. The molecular weight excluding hydrogens is 201 g/mol. The van der Waals surface area contributed by atoms with Crippen LogP contribution >= 0.6 is 0 Å². The van der Waals surface area contributed by atoms with Crippen molar-refractivity contribution in [2.45, 2.75) is 0 Å². The Labute approximate surface area is 84.5 Å². The quantitative estimate of drug-likeness (QED) is 0.733. The van der Waals surface area contributed by atoms with Gasteiger partial charge in [0.05, 0.1) is 5.52 Å². The van der Waals surface area contributed by atoms with Crippen molar-refractivity contribution >= 4 is 17.1 Å². The fraction of sp³-hybridized carbons (Fsp3) is 0.100. The Kier molecular flexibility index (Phi) is 2.07. The second kappa shape index (κ2) is 3.27. The molecule has 0 aliphatic heterocycles. The molecule has 0 saturated carbocycles. The lowest BCUT2D eigenvalue weighted by atomic mass is 10.2. The van der Waals surface area contributed by atoms with Gasteiger partial charge in [0.25, 0.3) is 0 Å². The first kappa shape index (κ1) is 9.51. The molecule has 2 aromatic rings. The number of carbonyl (C=O) groups is 1. The summed E-state index contributed by atoms with van der Waals surface area (Å²) in [6.07, 6.45) is -1.39. The van der Waals surface area contributed by atoms with E-state index in [4.69, 9.17) is 5.11 Å². The highest BCUT2D eigenvalue weighted by Crippen LogP contribution is 2.24. The van der Waals surface area contributed by atoms with Crippen molar-refractivity contribution in [3.8, 4) is 5.88 Å². The molecule has 4 nitrogen and oxygen atoms in total. The molecule has 1 aromatic carbocycles. The molecule has 1 N–H and O–H groups in total. The Morgan fingerprint density at radius 3 is 2.87 bits per heavy atom. The van der Waals surface area contributed by atoms with Crippen LogP contribution in [0.3, 0.4) is 0 Å². The van der Waals surface area contributed by atoms with Crippen LogP contribution in [0.2, 0.25) is 0 Å². The lowest BCUT2D eigenvalue weighted by Gasteiger charge is -2.01. The summed E-state index contributed by atoms with van der Waals surface area (Å²) in [6, 6.07) is 5.68. The number of ether oxygens (including phenoxy) is 1. The highest BCUT2D eigenvalue weighted by Gasteiger charge is 2.10. The zero-order chi connectivity index (χ0) is 11.0. The molecule has 0 atom stereocenters. The van der Waals surface area contributed by atoms with E-state index in [0.29, 0.717) is 10.9 Å². The standard InChI is InChI=1S/C10H8FNO3/c1-12-8-3-2-7(11)4-6(8)5-9(12)15-10(13)14/h2-5H,1H3,(H,13,14). The minimum absolute atomic E-state index is 0.170. The van der Waals surface area contributed by atoms with E-state index in [9.17, 15) is 9.18 Å². The number of fused-ring (bicyclic) bond motifs is 1. The summed E-state index contributed by atoms with van der Waals surface area (Å²) >= 11 is 0. The van der Waals surface area contributed by atoms with Crippen LogP contribution in [-0.2, 0) is 7.05 Å². The van der Waals surface area contributed by atoms with E-state index >= 15 is 0 Å². The predicted octanol–water partition coefficient (Wildman–Crippen LogP) is 2.37. The third-order valence-corrected chi connectivity index (χ3v) is 2.15. The zero-order valence-corrected chi connectivity index (χ0v) is 7.90. The van der Waals surface area contributed by atoms with E-state index in [1.54, 1.807) is 17.7 Å². The SMILES string of the molecule is Cn1c(OC(=O)O)cc2cc(F)ccc21. The van der Waals surface area contributed by atoms with Gasteiger partial charge in [-0.3, -0.25) is 0 Å². The molecule has 0 aliphatic rings. The summed E-state index contributed by atoms with van der Waals surface area (Å²) in [5.74, 6) is -0.196. The predicted molar refractivity (Wildman–Crippen MR) is 51.5 cm³/mol. The van der Waals surface area contributed by atoms with Gasteiger partial charge < -0.3 is 14.4 Å². The molecule has 1 aromatic heterocycles. The van der Waals surface area contributed by atoms with E-state index in [1.165, 1.54) is 18.2 Å². The van der Waals surface area contributed by atoms with Crippen LogP contribution < -0.4 is 4.74 Å². The van der Waals surface area contributed by atoms with Crippen LogP contribution in [0.5, 0.6) is 5.88 Å². The van der Waals surface area contributed by atoms with E-state index in [1.807, 2.05) is 0 Å². The molecule has 0 aliphatic carbocycles. The van der Waals surface area contributed by atoms with Gasteiger partial charge in [-0.25, -0.2) is 9.18 Å². The van der Waals surface area contributed by atoms with Gasteiger partial charge in [-0.05, 0) is 18.2 Å². The number of hydrogen-bond donors (Lipinski definition) is 1.